The fourth-order valence-electron chi connectivity index (χ4n) is 3.07. The second-order valence-electron chi connectivity index (χ2n) is 6.53. The first-order chi connectivity index (χ1) is 8.87. The number of rotatable bonds is 5. The third-order valence-corrected chi connectivity index (χ3v) is 4.09. The minimum absolute atomic E-state index is 0.114. The van der Waals surface area contributed by atoms with Crippen molar-refractivity contribution in [1.29, 1.82) is 0 Å². The fraction of sp³-hybridized carbons (Fsp3) is 0.625. The van der Waals surface area contributed by atoms with Gasteiger partial charge in [-0.25, -0.2) is 0 Å². The molecule has 3 heteroatoms. The molecule has 0 amide bonds. The molecule has 0 spiro atoms. The summed E-state index contributed by atoms with van der Waals surface area (Å²) in [6, 6.07) is 6.63. The van der Waals surface area contributed by atoms with Crippen LogP contribution in [0.15, 0.2) is 18.2 Å². The minimum atomic E-state index is -0.244. The molecule has 1 aliphatic rings. The number of fused-ring (bicyclic) bond motifs is 1. The SMILES string of the molecule is CC(O)CC(C)(C)CNC1CCc2cc(Cl)ccc21. The van der Waals surface area contributed by atoms with Crippen LogP contribution in [0.1, 0.15) is 50.8 Å². The highest BCUT2D eigenvalue weighted by atomic mass is 35.5. The number of aliphatic hydroxyl groups is 1. The van der Waals surface area contributed by atoms with Crippen LogP contribution < -0.4 is 5.32 Å². The zero-order chi connectivity index (χ0) is 14.0. The lowest BCUT2D eigenvalue weighted by atomic mass is 9.86. The number of aryl methyl sites for hydroxylation is 1. The van der Waals surface area contributed by atoms with Crippen LogP contribution in [0.25, 0.3) is 0 Å². The number of hydrogen-bond donors (Lipinski definition) is 2. The Labute approximate surface area is 121 Å². The maximum atomic E-state index is 9.53. The van der Waals surface area contributed by atoms with E-state index in [2.05, 4.69) is 31.3 Å². The molecule has 1 aromatic carbocycles. The largest absolute Gasteiger partial charge is 0.393 e. The van der Waals surface area contributed by atoms with E-state index in [-0.39, 0.29) is 11.5 Å². The molecule has 0 heterocycles. The van der Waals surface area contributed by atoms with E-state index in [1.54, 1.807) is 0 Å². The third kappa shape index (κ3) is 3.95. The van der Waals surface area contributed by atoms with Gasteiger partial charge in [0, 0.05) is 17.6 Å². The molecule has 0 aliphatic heterocycles. The second kappa shape index (κ2) is 5.82. The molecule has 0 aromatic heterocycles. The van der Waals surface area contributed by atoms with E-state index < -0.39 is 0 Å². The van der Waals surface area contributed by atoms with Crippen LogP contribution in [0.3, 0.4) is 0 Å². The molecule has 1 aliphatic carbocycles. The lowest BCUT2D eigenvalue weighted by molar-refractivity contribution is 0.126. The Hall–Kier alpha value is -0.570. The molecule has 0 radical (unpaired) electrons. The highest BCUT2D eigenvalue weighted by molar-refractivity contribution is 6.30. The maximum Gasteiger partial charge on any atom is 0.0517 e. The summed E-state index contributed by atoms with van der Waals surface area (Å²) in [5, 5.41) is 14.0. The topological polar surface area (TPSA) is 32.3 Å². The van der Waals surface area contributed by atoms with Crippen LogP contribution in [0.5, 0.6) is 0 Å². The van der Waals surface area contributed by atoms with Gasteiger partial charge < -0.3 is 10.4 Å². The molecule has 0 bridgehead atoms. The quantitative estimate of drug-likeness (QED) is 0.862. The van der Waals surface area contributed by atoms with Gasteiger partial charge in [-0.15, -0.1) is 0 Å². The average Bonchev–Trinajstić information content (AvgIpc) is 2.67. The number of halogens is 1. The molecule has 106 valence electrons. The Bertz CT molecular complexity index is 442. The maximum absolute atomic E-state index is 9.53. The van der Waals surface area contributed by atoms with Crippen LogP contribution in [0.2, 0.25) is 5.02 Å². The van der Waals surface area contributed by atoms with Crippen LogP contribution >= 0.6 is 11.6 Å². The normalized spacial score (nSPS) is 20.4. The minimum Gasteiger partial charge on any atom is -0.393 e. The Morgan fingerprint density at radius 1 is 1.47 bits per heavy atom. The number of hydrogen-bond acceptors (Lipinski definition) is 2. The molecule has 2 atom stereocenters. The predicted molar refractivity (Wildman–Crippen MR) is 80.6 cm³/mol. The summed E-state index contributed by atoms with van der Waals surface area (Å²) in [4.78, 5) is 0. The van der Waals surface area contributed by atoms with Crippen LogP contribution in [0.4, 0.5) is 0 Å². The summed E-state index contributed by atoms with van der Waals surface area (Å²) in [6.45, 7) is 7.17. The van der Waals surface area contributed by atoms with Gasteiger partial charge in [-0.2, -0.15) is 0 Å². The van der Waals surface area contributed by atoms with Crippen molar-refractivity contribution < 1.29 is 5.11 Å². The van der Waals surface area contributed by atoms with Gasteiger partial charge in [0.05, 0.1) is 6.10 Å². The Morgan fingerprint density at radius 2 is 2.21 bits per heavy atom. The Balaban J connectivity index is 1.96. The van der Waals surface area contributed by atoms with E-state index in [1.807, 2.05) is 13.0 Å². The van der Waals surface area contributed by atoms with Crippen LogP contribution in [-0.2, 0) is 6.42 Å². The van der Waals surface area contributed by atoms with Gasteiger partial charge in [0.2, 0.25) is 0 Å². The number of nitrogens with one attached hydrogen (secondary N) is 1. The first kappa shape index (κ1) is 14.8. The molecule has 0 fully saturated rings. The predicted octanol–water partition coefficient (Wildman–Crippen LogP) is 3.71. The molecular formula is C16H24ClNO. The highest BCUT2D eigenvalue weighted by Crippen LogP contribution is 2.33. The van der Waals surface area contributed by atoms with E-state index in [1.165, 1.54) is 11.1 Å². The van der Waals surface area contributed by atoms with E-state index in [0.717, 1.165) is 30.8 Å². The van der Waals surface area contributed by atoms with E-state index in [9.17, 15) is 5.11 Å². The van der Waals surface area contributed by atoms with E-state index in [0.29, 0.717) is 6.04 Å². The van der Waals surface area contributed by atoms with Crippen molar-refractivity contribution in [3.05, 3.63) is 34.3 Å². The van der Waals surface area contributed by atoms with Crippen LogP contribution in [-0.4, -0.2) is 17.8 Å². The molecule has 0 saturated heterocycles. The van der Waals surface area contributed by atoms with Gasteiger partial charge in [-0.3, -0.25) is 0 Å². The molecule has 1 aromatic rings. The zero-order valence-electron chi connectivity index (χ0n) is 12.0. The van der Waals surface area contributed by atoms with Gasteiger partial charge in [0.1, 0.15) is 0 Å². The molecule has 19 heavy (non-hydrogen) atoms. The lowest BCUT2D eigenvalue weighted by Crippen LogP contribution is -2.33. The standard InChI is InChI=1S/C16H24ClNO/c1-11(19)9-16(2,3)10-18-15-7-4-12-8-13(17)5-6-14(12)15/h5-6,8,11,15,18-19H,4,7,9-10H2,1-3H3. The summed E-state index contributed by atoms with van der Waals surface area (Å²) < 4.78 is 0. The van der Waals surface area contributed by atoms with Gasteiger partial charge in [-0.1, -0.05) is 31.5 Å². The number of benzene rings is 1. The average molecular weight is 282 g/mol. The second-order valence-corrected chi connectivity index (χ2v) is 6.97. The summed E-state index contributed by atoms with van der Waals surface area (Å²) in [6.07, 6.45) is 2.82. The molecule has 2 unspecified atom stereocenters. The summed E-state index contributed by atoms with van der Waals surface area (Å²) in [5.74, 6) is 0. The van der Waals surface area contributed by atoms with E-state index >= 15 is 0 Å². The summed E-state index contributed by atoms with van der Waals surface area (Å²) in [5.41, 5.74) is 2.87. The first-order valence-electron chi connectivity index (χ1n) is 7.07. The van der Waals surface area contributed by atoms with Gasteiger partial charge in [0.25, 0.3) is 0 Å². The van der Waals surface area contributed by atoms with Crippen LogP contribution in [0, 0.1) is 5.41 Å². The lowest BCUT2D eigenvalue weighted by Gasteiger charge is -2.28. The highest BCUT2D eigenvalue weighted by Gasteiger charge is 2.26. The third-order valence-electron chi connectivity index (χ3n) is 3.86. The van der Waals surface area contributed by atoms with Gasteiger partial charge in [-0.05, 0) is 54.9 Å². The molecular weight excluding hydrogens is 258 g/mol. The van der Waals surface area contributed by atoms with Crippen molar-refractivity contribution in [2.75, 3.05) is 6.54 Å². The van der Waals surface area contributed by atoms with E-state index in [4.69, 9.17) is 11.6 Å². The molecule has 2 nitrogen and oxygen atoms in total. The Kier molecular flexibility index (Phi) is 4.54. The number of aliphatic hydroxyl groups excluding tert-OH is 1. The van der Waals surface area contributed by atoms with Gasteiger partial charge in [0.15, 0.2) is 0 Å². The van der Waals surface area contributed by atoms with Crippen molar-refractivity contribution in [3.8, 4) is 0 Å². The van der Waals surface area contributed by atoms with Gasteiger partial charge >= 0.3 is 0 Å². The monoisotopic (exact) mass is 281 g/mol. The first-order valence-corrected chi connectivity index (χ1v) is 7.45. The van der Waals surface area contributed by atoms with Crippen molar-refractivity contribution in [1.82, 2.24) is 5.32 Å². The molecule has 2 N–H and O–H groups in total. The smallest absolute Gasteiger partial charge is 0.0517 e. The van der Waals surface area contributed by atoms with Crippen molar-refractivity contribution >= 4 is 11.6 Å². The van der Waals surface area contributed by atoms with Crippen molar-refractivity contribution in [2.45, 2.75) is 52.2 Å². The summed E-state index contributed by atoms with van der Waals surface area (Å²) in [7, 11) is 0. The van der Waals surface area contributed by atoms with Crippen molar-refractivity contribution in [3.63, 3.8) is 0 Å². The molecule has 0 saturated carbocycles. The fourth-order valence-corrected chi connectivity index (χ4v) is 3.26. The Morgan fingerprint density at radius 3 is 2.89 bits per heavy atom. The zero-order valence-corrected chi connectivity index (χ0v) is 12.8. The van der Waals surface area contributed by atoms with Crippen molar-refractivity contribution in [2.24, 2.45) is 5.41 Å². The summed E-state index contributed by atoms with van der Waals surface area (Å²) >= 11 is 6.03. The molecule has 2 rings (SSSR count).